The lowest BCUT2D eigenvalue weighted by atomic mass is 10.1. The van der Waals surface area contributed by atoms with Gasteiger partial charge in [-0.1, -0.05) is 12.1 Å². The molecule has 1 aromatic heterocycles. The quantitative estimate of drug-likeness (QED) is 0.827. The molecule has 1 aromatic carbocycles. The van der Waals surface area contributed by atoms with Crippen LogP contribution in [0.1, 0.15) is 11.1 Å². The second-order valence-corrected chi connectivity index (χ2v) is 3.49. The zero-order valence-electron chi connectivity index (χ0n) is 9.09. The number of nitrogens with two attached hydrogens (primary N) is 1. The van der Waals surface area contributed by atoms with Crippen molar-refractivity contribution in [3.8, 4) is 6.07 Å². The lowest BCUT2D eigenvalue weighted by molar-refractivity contribution is 1.09. The Morgan fingerprint density at radius 3 is 3.00 bits per heavy atom. The fourth-order valence-electron chi connectivity index (χ4n) is 1.41. The number of hydrogen-bond acceptors (Lipinski definition) is 5. The average molecular weight is 225 g/mol. The van der Waals surface area contributed by atoms with E-state index in [1.807, 2.05) is 18.2 Å². The first kappa shape index (κ1) is 10.9. The lowest BCUT2D eigenvalue weighted by Crippen LogP contribution is -2.03. The standard InChI is InChI=1S/C12H11N5/c13-5-9-2-1-3-10(4-9)6-16-12-8-15-7-11(14)17-12/h1-4,7-8H,6H2,(H3,14,16,17). The van der Waals surface area contributed by atoms with Crippen molar-refractivity contribution in [3.63, 3.8) is 0 Å². The van der Waals surface area contributed by atoms with Crippen molar-refractivity contribution < 1.29 is 0 Å². The van der Waals surface area contributed by atoms with E-state index in [0.29, 0.717) is 23.7 Å². The molecule has 0 radical (unpaired) electrons. The number of rotatable bonds is 3. The van der Waals surface area contributed by atoms with Crippen molar-refractivity contribution in [1.82, 2.24) is 9.97 Å². The Bertz CT molecular complexity index is 559. The topological polar surface area (TPSA) is 87.6 Å². The maximum absolute atomic E-state index is 8.77. The maximum Gasteiger partial charge on any atom is 0.147 e. The molecule has 0 fully saturated rings. The minimum atomic E-state index is 0.376. The Morgan fingerprint density at radius 1 is 1.35 bits per heavy atom. The van der Waals surface area contributed by atoms with Crippen LogP contribution in [0, 0.1) is 11.3 Å². The van der Waals surface area contributed by atoms with Crippen molar-refractivity contribution in [2.45, 2.75) is 6.54 Å². The maximum atomic E-state index is 8.77. The molecule has 0 saturated heterocycles. The normalized spacial score (nSPS) is 9.59. The lowest BCUT2D eigenvalue weighted by Gasteiger charge is -2.05. The smallest absolute Gasteiger partial charge is 0.147 e. The first-order chi connectivity index (χ1) is 8.28. The van der Waals surface area contributed by atoms with Gasteiger partial charge in [-0.3, -0.25) is 4.98 Å². The molecule has 0 saturated carbocycles. The first-order valence-corrected chi connectivity index (χ1v) is 5.08. The Balaban J connectivity index is 2.05. The molecule has 0 atom stereocenters. The summed E-state index contributed by atoms with van der Waals surface area (Å²) >= 11 is 0. The predicted octanol–water partition coefficient (Wildman–Crippen LogP) is 1.54. The summed E-state index contributed by atoms with van der Waals surface area (Å²) in [5.41, 5.74) is 7.17. The van der Waals surface area contributed by atoms with Crippen LogP contribution in [-0.4, -0.2) is 9.97 Å². The van der Waals surface area contributed by atoms with Crippen LogP contribution in [0.25, 0.3) is 0 Å². The predicted molar refractivity (Wildman–Crippen MR) is 64.9 cm³/mol. The van der Waals surface area contributed by atoms with E-state index in [2.05, 4.69) is 21.4 Å². The van der Waals surface area contributed by atoms with E-state index in [9.17, 15) is 0 Å². The minimum Gasteiger partial charge on any atom is -0.382 e. The highest BCUT2D eigenvalue weighted by Crippen LogP contribution is 2.08. The largest absolute Gasteiger partial charge is 0.382 e. The van der Waals surface area contributed by atoms with Gasteiger partial charge in [0.1, 0.15) is 11.6 Å². The molecule has 3 N–H and O–H groups in total. The monoisotopic (exact) mass is 225 g/mol. The summed E-state index contributed by atoms with van der Waals surface area (Å²) in [6, 6.07) is 9.48. The summed E-state index contributed by atoms with van der Waals surface area (Å²) in [6.45, 7) is 0.577. The molecule has 1 heterocycles. The third-order valence-corrected chi connectivity index (χ3v) is 2.18. The Kier molecular flexibility index (Phi) is 3.17. The van der Waals surface area contributed by atoms with Gasteiger partial charge in [-0.15, -0.1) is 0 Å². The second kappa shape index (κ2) is 4.94. The Labute approximate surface area is 98.9 Å². The summed E-state index contributed by atoms with van der Waals surface area (Å²) in [5.74, 6) is 0.994. The van der Waals surface area contributed by atoms with Crippen molar-refractivity contribution in [1.29, 1.82) is 5.26 Å². The summed E-state index contributed by atoms with van der Waals surface area (Å²) < 4.78 is 0. The Morgan fingerprint density at radius 2 is 2.24 bits per heavy atom. The van der Waals surface area contributed by atoms with Crippen LogP contribution in [0.2, 0.25) is 0 Å². The van der Waals surface area contributed by atoms with Crippen LogP contribution in [0.4, 0.5) is 11.6 Å². The van der Waals surface area contributed by atoms with E-state index in [-0.39, 0.29) is 0 Å². The third-order valence-electron chi connectivity index (χ3n) is 2.18. The van der Waals surface area contributed by atoms with Crippen LogP contribution in [0.3, 0.4) is 0 Å². The highest BCUT2D eigenvalue weighted by atomic mass is 15.0. The molecule has 0 aliphatic rings. The summed E-state index contributed by atoms with van der Waals surface area (Å²) in [5, 5.41) is 11.9. The van der Waals surface area contributed by atoms with E-state index >= 15 is 0 Å². The minimum absolute atomic E-state index is 0.376. The molecule has 5 heteroatoms. The zero-order valence-corrected chi connectivity index (χ0v) is 9.09. The van der Waals surface area contributed by atoms with Crippen LogP contribution in [-0.2, 0) is 6.54 Å². The van der Waals surface area contributed by atoms with Crippen LogP contribution < -0.4 is 11.1 Å². The molecule has 17 heavy (non-hydrogen) atoms. The summed E-state index contributed by atoms with van der Waals surface area (Å²) in [6.07, 6.45) is 3.09. The number of nitriles is 1. The van der Waals surface area contributed by atoms with Gasteiger partial charge in [-0.05, 0) is 17.7 Å². The van der Waals surface area contributed by atoms with Crippen LogP contribution in [0.15, 0.2) is 36.7 Å². The molecular weight excluding hydrogens is 214 g/mol. The number of nitrogens with one attached hydrogen (secondary N) is 1. The first-order valence-electron chi connectivity index (χ1n) is 5.08. The van der Waals surface area contributed by atoms with Crippen molar-refractivity contribution in [3.05, 3.63) is 47.8 Å². The van der Waals surface area contributed by atoms with Crippen LogP contribution in [0.5, 0.6) is 0 Å². The van der Waals surface area contributed by atoms with Gasteiger partial charge in [-0.25, -0.2) is 4.98 Å². The van der Waals surface area contributed by atoms with Gasteiger partial charge in [0.05, 0.1) is 24.0 Å². The number of aromatic nitrogens is 2. The van der Waals surface area contributed by atoms with E-state index in [1.54, 1.807) is 12.3 Å². The number of nitrogen functional groups attached to an aromatic ring is 1. The average Bonchev–Trinajstić information content (AvgIpc) is 2.37. The van der Waals surface area contributed by atoms with Gasteiger partial charge in [-0.2, -0.15) is 5.26 Å². The third kappa shape index (κ3) is 2.92. The molecule has 5 nitrogen and oxygen atoms in total. The molecule has 0 bridgehead atoms. The van der Waals surface area contributed by atoms with E-state index in [0.717, 1.165) is 5.56 Å². The van der Waals surface area contributed by atoms with E-state index in [4.69, 9.17) is 11.0 Å². The van der Waals surface area contributed by atoms with Gasteiger partial charge >= 0.3 is 0 Å². The van der Waals surface area contributed by atoms with Gasteiger partial charge < -0.3 is 11.1 Å². The SMILES string of the molecule is N#Cc1cccc(CNc2cncc(N)n2)c1. The molecule has 0 spiro atoms. The van der Waals surface area contributed by atoms with Crippen LogP contribution >= 0.6 is 0 Å². The van der Waals surface area contributed by atoms with Crippen molar-refractivity contribution >= 4 is 11.6 Å². The molecule has 84 valence electrons. The fraction of sp³-hybridized carbons (Fsp3) is 0.0833. The van der Waals surface area contributed by atoms with E-state index < -0.39 is 0 Å². The number of benzene rings is 1. The molecule has 2 aromatic rings. The summed E-state index contributed by atoms with van der Waals surface area (Å²) in [7, 11) is 0. The number of anilines is 2. The molecule has 0 unspecified atom stereocenters. The highest BCUT2D eigenvalue weighted by molar-refractivity contribution is 5.40. The zero-order chi connectivity index (χ0) is 12.1. The fourth-order valence-corrected chi connectivity index (χ4v) is 1.41. The number of hydrogen-bond donors (Lipinski definition) is 2. The molecule has 0 aliphatic heterocycles. The van der Waals surface area contributed by atoms with Gasteiger partial charge in [0.25, 0.3) is 0 Å². The second-order valence-electron chi connectivity index (χ2n) is 3.49. The van der Waals surface area contributed by atoms with Gasteiger partial charge in [0.2, 0.25) is 0 Å². The molecule has 0 aliphatic carbocycles. The van der Waals surface area contributed by atoms with E-state index in [1.165, 1.54) is 6.20 Å². The molecule has 2 rings (SSSR count). The number of nitrogens with zero attached hydrogens (tertiary/aromatic N) is 3. The summed E-state index contributed by atoms with van der Waals surface area (Å²) in [4.78, 5) is 8.00. The van der Waals surface area contributed by atoms with Gasteiger partial charge in [0.15, 0.2) is 0 Å². The molecular formula is C12H11N5. The van der Waals surface area contributed by atoms with Crippen molar-refractivity contribution in [2.75, 3.05) is 11.1 Å². The van der Waals surface area contributed by atoms with Gasteiger partial charge in [0, 0.05) is 6.54 Å². The molecule has 0 amide bonds. The van der Waals surface area contributed by atoms with Crippen molar-refractivity contribution in [2.24, 2.45) is 0 Å². The highest BCUT2D eigenvalue weighted by Gasteiger charge is 1.97. The Hall–Kier alpha value is -2.61.